The standard InChI is InChI=1S/C14H13F3N2/c1-2-19(10-5-3-4-9(15)8-10)14-12(18)7-6-11(16)13(14)17/h3-8H,2,18H2,1H3. The molecule has 0 aromatic heterocycles. The van der Waals surface area contributed by atoms with E-state index in [1.807, 2.05) is 0 Å². The highest BCUT2D eigenvalue weighted by molar-refractivity contribution is 5.75. The van der Waals surface area contributed by atoms with E-state index in [4.69, 9.17) is 5.73 Å². The number of benzene rings is 2. The first-order valence-corrected chi connectivity index (χ1v) is 5.81. The second kappa shape index (κ2) is 5.22. The van der Waals surface area contributed by atoms with Gasteiger partial charge in [0.25, 0.3) is 0 Å². The summed E-state index contributed by atoms with van der Waals surface area (Å²) in [6, 6.07) is 7.89. The van der Waals surface area contributed by atoms with E-state index in [0.29, 0.717) is 12.2 Å². The molecule has 0 saturated heterocycles. The number of nitrogen functional groups attached to an aromatic ring is 1. The van der Waals surface area contributed by atoms with Crippen molar-refractivity contribution < 1.29 is 13.2 Å². The maximum absolute atomic E-state index is 13.9. The molecule has 2 N–H and O–H groups in total. The van der Waals surface area contributed by atoms with Crippen LogP contribution in [0.1, 0.15) is 6.92 Å². The molecule has 0 spiro atoms. The molecule has 100 valence electrons. The summed E-state index contributed by atoms with van der Waals surface area (Å²) in [4.78, 5) is 1.43. The molecule has 0 atom stereocenters. The monoisotopic (exact) mass is 266 g/mol. The molecule has 0 saturated carbocycles. The summed E-state index contributed by atoms with van der Waals surface area (Å²) in [5, 5.41) is 0. The third kappa shape index (κ3) is 2.50. The molecule has 0 aliphatic rings. The van der Waals surface area contributed by atoms with Gasteiger partial charge in [0.1, 0.15) is 11.5 Å². The summed E-state index contributed by atoms with van der Waals surface area (Å²) in [5.74, 6) is -2.48. The van der Waals surface area contributed by atoms with E-state index in [2.05, 4.69) is 0 Å². The average Bonchev–Trinajstić information content (AvgIpc) is 2.39. The van der Waals surface area contributed by atoms with Crippen molar-refractivity contribution in [2.45, 2.75) is 6.92 Å². The number of rotatable bonds is 3. The van der Waals surface area contributed by atoms with Crippen molar-refractivity contribution >= 4 is 17.1 Å². The molecule has 0 radical (unpaired) electrons. The first-order chi connectivity index (χ1) is 9.04. The van der Waals surface area contributed by atoms with Gasteiger partial charge in [-0.05, 0) is 37.3 Å². The molecule has 5 heteroatoms. The van der Waals surface area contributed by atoms with Gasteiger partial charge < -0.3 is 10.6 Å². The van der Waals surface area contributed by atoms with Crippen LogP contribution in [0.5, 0.6) is 0 Å². The van der Waals surface area contributed by atoms with Gasteiger partial charge in [-0.2, -0.15) is 0 Å². The lowest BCUT2D eigenvalue weighted by molar-refractivity contribution is 0.509. The molecular formula is C14H13F3N2. The molecule has 2 rings (SSSR count). The molecule has 0 bridgehead atoms. The van der Waals surface area contributed by atoms with Crippen LogP contribution in [0.25, 0.3) is 0 Å². The van der Waals surface area contributed by atoms with E-state index < -0.39 is 17.5 Å². The minimum Gasteiger partial charge on any atom is -0.397 e. The van der Waals surface area contributed by atoms with Crippen molar-refractivity contribution in [3.63, 3.8) is 0 Å². The van der Waals surface area contributed by atoms with Gasteiger partial charge in [0, 0.05) is 12.2 Å². The molecule has 0 unspecified atom stereocenters. The van der Waals surface area contributed by atoms with Gasteiger partial charge in [0.05, 0.1) is 5.69 Å². The summed E-state index contributed by atoms with van der Waals surface area (Å²) in [6.45, 7) is 2.07. The fourth-order valence-electron chi connectivity index (χ4n) is 1.94. The Morgan fingerprint density at radius 3 is 2.47 bits per heavy atom. The van der Waals surface area contributed by atoms with Gasteiger partial charge >= 0.3 is 0 Å². The molecular weight excluding hydrogens is 253 g/mol. The molecule has 0 fully saturated rings. The summed E-state index contributed by atoms with van der Waals surface area (Å²) < 4.78 is 40.4. The quantitative estimate of drug-likeness (QED) is 0.855. The van der Waals surface area contributed by atoms with Gasteiger partial charge in [0.2, 0.25) is 0 Å². The fraction of sp³-hybridized carbons (Fsp3) is 0.143. The Hall–Kier alpha value is -2.17. The Morgan fingerprint density at radius 2 is 1.84 bits per heavy atom. The molecule has 2 nitrogen and oxygen atoms in total. The van der Waals surface area contributed by atoms with Crippen molar-refractivity contribution in [2.24, 2.45) is 0 Å². The van der Waals surface area contributed by atoms with Crippen molar-refractivity contribution in [2.75, 3.05) is 17.2 Å². The number of hydrogen-bond donors (Lipinski definition) is 1. The van der Waals surface area contributed by atoms with Gasteiger partial charge in [0.15, 0.2) is 11.6 Å². The minimum absolute atomic E-state index is 0.0758. The van der Waals surface area contributed by atoms with Gasteiger partial charge in [-0.3, -0.25) is 0 Å². The van der Waals surface area contributed by atoms with Crippen molar-refractivity contribution in [3.8, 4) is 0 Å². The molecule has 0 amide bonds. The maximum Gasteiger partial charge on any atom is 0.184 e. The van der Waals surface area contributed by atoms with Crippen molar-refractivity contribution in [1.29, 1.82) is 0 Å². The summed E-state index contributed by atoms with van der Waals surface area (Å²) >= 11 is 0. The van der Waals surface area contributed by atoms with Crippen LogP contribution in [-0.4, -0.2) is 6.54 Å². The van der Waals surface area contributed by atoms with Gasteiger partial charge in [-0.15, -0.1) is 0 Å². The van der Waals surface area contributed by atoms with E-state index in [1.165, 1.54) is 29.2 Å². The largest absolute Gasteiger partial charge is 0.397 e. The summed E-state index contributed by atoms with van der Waals surface area (Å²) in [6.07, 6.45) is 0. The molecule has 19 heavy (non-hydrogen) atoms. The van der Waals surface area contributed by atoms with Gasteiger partial charge in [-0.25, -0.2) is 13.2 Å². The van der Waals surface area contributed by atoms with Crippen molar-refractivity contribution in [1.82, 2.24) is 0 Å². The Labute approximate surface area is 109 Å². The first kappa shape index (κ1) is 13.3. The molecule has 0 aliphatic carbocycles. The highest BCUT2D eigenvalue weighted by atomic mass is 19.2. The summed E-state index contributed by atoms with van der Waals surface area (Å²) in [5.41, 5.74) is 6.14. The van der Waals surface area contributed by atoms with Crippen LogP contribution in [0.2, 0.25) is 0 Å². The number of anilines is 3. The van der Waals surface area contributed by atoms with E-state index in [1.54, 1.807) is 13.0 Å². The van der Waals surface area contributed by atoms with E-state index in [0.717, 1.165) is 6.07 Å². The number of hydrogen-bond acceptors (Lipinski definition) is 2. The van der Waals surface area contributed by atoms with Crippen LogP contribution in [0, 0.1) is 17.5 Å². The van der Waals surface area contributed by atoms with E-state index >= 15 is 0 Å². The summed E-state index contributed by atoms with van der Waals surface area (Å²) in [7, 11) is 0. The number of nitrogens with zero attached hydrogens (tertiary/aromatic N) is 1. The fourth-order valence-corrected chi connectivity index (χ4v) is 1.94. The molecule has 0 aliphatic heterocycles. The Morgan fingerprint density at radius 1 is 1.11 bits per heavy atom. The number of halogens is 3. The number of nitrogens with two attached hydrogens (primary N) is 1. The van der Waals surface area contributed by atoms with Crippen LogP contribution in [0.3, 0.4) is 0 Å². The Kier molecular flexibility index (Phi) is 3.64. The molecule has 2 aromatic carbocycles. The lowest BCUT2D eigenvalue weighted by Crippen LogP contribution is -2.19. The van der Waals surface area contributed by atoms with E-state index in [9.17, 15) is 13.2 Å². The predicted octanol–water partition coefficient (Wildman–Crippen LogP) is 3.84. The first-order valence-electron chi connectivity index (χ1n) is 5.81. The van der Waals surface area contributed by atoms with Crippen LogP contribution >= 0.6 is 0 Å². The SMILES string of the molecule is CCN(c1cccc(F)c1)c1c(N)ccc(F)c1F. The van der Waals surface area contributed by atoms with Crippen LogP contribution in [-0.2, 0) is 0 Å². The van der Waals surface area contributed by atoms with Crippen LogP contribution in [0.15, 0.2) is 36.4 Å². The third-order valence-corrected chi connectivity index (χ3v) is 2.81. The zero-order valence-corrected chi connectivity index (χ0v) is 10.3. The highest BCUT2D eigenvalue weighted by Gasteiger charge is 2.19. The predicted molar refractivity (Wildman–Crippen MR) is 69.9 cm³/mol. The normalized spacial score (nSPS) is 10.5. The highest BCUT2D eigenvalue weighted by Crippen LogP contribution is 2.34. The second-order valence-corrected chi connectivity index (χ2v) is 4.02. The third-order valence-electron chi connectivity index (χ3n) is 2.81. The Bertz CT molecular complexity index is 599. The van der Waals surface area contributed by atoms with Crippen LogP contribution in [0.4, 0.5) is 30.2 Å². The smallest absolute Gasteiger partial charge is 0.184 e. The average molecular weight is 266 g/mol. The van der Waals surface area contributed by atoms with Crippen molar-refractivity contribution in [3.05, 3.63) is 53.8 Å². The van der Waals surface area contributed by atoms with E-state index in [-0.39, 0.29) is 11.4 Å². The maximum atomic E-state index is 13.9. The van der Waals surface area contributed by atoms with Crippen LogP contribution < -0.4 is 10.6 Å². The second-order valence-electron chi connectivity index (χ2n) is 4.02. The lowest BCUT2D eigenvalue weighted by atomic mass is 10.2. The molecule has 0 heterocycles. The Balaban J connectivity index is 2.57. The lowest BCUT2D eigenvalue weighted by Gasteiger charge is -2.25. The minimum atomic E-state index is -1.04. The topological polar surface area (TPSA) is 29.3 Å². The molecule has 2 aromatic rings. The zero-order valence-electron chi connectivity index (χ0n) is 10.3. The zero-order chi connectivity index (χ0) is 14.0. The van der Waals surface area contributed by atoms with Gasteiger partial charge in [-0.1, -0.05) is 6.07 Å².